The first-order valence-corrected chi connectivity index (χ1v) is 5.92. The van der Waals surface area contributed by atoms with E-state index in [0.717, 1.165) is 0 Å². The Morgan fingerprint density at radius 2 is 1.80 bits per heavy atom. The minimum Gasteiger partial charge on any atom is -0.299 e. The fourth-order valence-electron chi connectivity index (χ4n) is 1.70. The lowest BCUT2D eigenvalue weighted by molar-refractivity contribution is -0.143. The topological polar surface area (TPSA) is 51.2 Å². The van der Waals surface area contributed by atoms with Gasteiger partial charge in [-0.1, -0.05) is 29.8 Å². The summed E-state index contributed by atoms with van der Waals surface area (Å²) in [6.45, 7) is 4.70. The summed E-state index contributed by atoms with van der Waals surface area (Å²) in [5, 5.41) is -0.812. The van der Waals surface area contributed by atoms with Gasteiger partial charge >= 0.3 is 0 Å². The van der Waals surface area contributed by atoms with Gasteiger partial charge < -0.3 is 0 Å². The summed E-state index contributed by atoms with van der Waals surface area (Å²) in [5.74, 6) is -2.48. The molecule has 0 radical (unpaired) electrons. The Morgan fingerprint density at radius 3 is 2.20 bits per heavy atom. The fraction of sp³-hybridized carbons (Fsp3) is 0.700. The Kier molecular flexibility index (Phi) is 3.41. The second-order valence-corrected chi connectivity index (χ2v) is 5.75. The molecule has 1 aliphatic carbocycles. The van der Waals surface area contributed by atoms with Crippen molar-refractivity contribution in [3.8, 4) is 0 Å². The Hall–Kier alpha value is -0.220. The van der Waals surface area contributed by atoms with E-state index in [1.165, 1.54) is 6.92 Å². The lowest BCUT2D eigenvalue weighted by Gasteiger charge is -2.39. The summed E-state index contributed by atoms with van der Waals surface area (Å²) in [5.41, 5.74) is -0.665. The van der Waals surface area contributed by atoms with Gasteiger partial charge in [-0.25, -0.2) is 0 Å². The van der Waals surface area contributed by atoms with Gasteiger partial charge in [0.1, 0.15) is 11.7 Å². The molecule has 0 spiro atoms. The van der Waals surface area contributed by atoms with E-state index < -0.39 is 33.1 Å². The van der Waals surface area contributed by atoms with Crippen molar-refractivity contribution >= 4 is 44.9 Å². The van der Waals surface area contributed by atoms with Crippen molar-refractivity contribution in [2.45, 2.75) is 31.0 Å². The van der Waals surface area contributed by atoms with Gasteiger partial charge in [0, 0.05) is 5.41 Å². The van der Waals surface area contributed by atoms with Gasteiger partial charge in [0.15, 0.2) is 11.6 Å². The van der Waals surface area contributed by atoms with Gasteiger partial charge in [0.25, 0.3) is 0 Å². The average Bonchev–Trinajstić information content (AvgIpc) is 2.12. The van der Waals surface area contributed by atoms with Crippen LogP contribution in [0.2, 0.25) is 0 Å². The number of hydrogen-bond acceptors (Lipinski definition) is 3. The monoisotopic (exact) mass is 294 g/mol. The van der Waals surface area contributed by atoms with Crippen molar-refractivity contribution in [3.63, 3.8) is 0 Å². The number of Topliss-reactive ketones (excluding diaryl/α,β-unsaturated/α-hetero) is 3. The van der Waals surface area contributed by atoms with E-state index in [0.29, 0.717) is 0 Å². The Balaban J connectivity index is 3.17. The number of ketones is 3. The molecule has 0 aromatic heterocycles. The van der Waals surface area contributed by atoms with Gasteiger partial charge in [0.2, 0.25) is 0 Å². The van der Waals surface area contributed by atoms with Crippen LogP contribution in [0, 0.1) is 11.3 Å². The summed E-state index contributed by atoms with van der Waals surface area (Å²) in [4.78, 5) is 34.2. The van der Waals surface area contributed by atoms with Gasteiger partial charge in [-0.3, -0.25) is 14.4 Å². The fourth-order valence-corrected chi connectivity index (χ4v) is 2.63. The molecule has 3 atom stereocenters. The molecule has 1 rings (SSSR count). The summed E-state index contributed by atoms with van der Waals surface area (Å²) in [7, 11) is 0. The van der Waals surface area contributed by atoms with Crippen LogP contribution in [0.1, 0.15) is 20.8 Å². The van der Waals surface area contributed by atoms with Crippen LogP contribution in [0.15, 0.2) is 0 Å². The molecule has 1 aliphatic rings. The summed E-state index contributed by atoms with van der Waals surface area (Å²) >= 11 is 9.19. The van der Waals surface area contributed by atoms with E-state index >= 15 is 0 Å². The quantitative estimate of drug-likeness (QED) is 0.547. The summed E-state index contributed by atoms with van der Waals surface area (Å²) in [6, 6.07) is 0. The Bertz CT molecular complexity index is 314. The predicted molar refractivity (Wildman–Crippen MR) is 60.3 cm³/mol. The van der Waals surface area contributed by atoms with Gasteiger partial charge in [-0.15, -0.1) is 11.6 Å². The van der Waals surface area contributed by atoms with E-state index in [-0.39, 0.29) is 5.78 Å². The molecule has 0 unspecified atom stereocenters. The standard InChI is InChI=1S/C10H12BrClO3/c1-4(13)5-6(14)8(11)10(2,3)9(12)7(5)15/h5,8-9H,1-3H3/t5-,8-,9-/m1/s1. The van der Waals surface area contributed by atoms with E-state index in [4.69, 9.17) is 11.6 Å². The number of alkyl halides is 2. The van der Waals surface area contributed by atoms with E-state index in [9.17, 15) is 14.4 Å². The minimum atomic E-state index is -1.19. The van der Waals surface area contributed by atoms with Crippen LogP contribution in [-0.2, 0) is 14.4 Å². The largest absolute Gasteiger partial charge is 0.299 e. The summed E-state index contributed by atoms with van der Waals surface area (Å²) in [6.07, 6.45) is 0. The number of carbonyl (C=O) groups excluding carboxylic acids is 3. The first-order chi connectivity index (χ1) is 6.71. The number of hydrogen-bond donors (Lipinski definition) is 0. The van der Waals surface area contributed by atoms with Crippen molar-refractivity contribution in [2.24, 2.45) is 11.3 Å². The lowest BCUT2D eigenvalue weighted by atomic mass is 9.70. The first kappa shape index (κ1) is 12.8. The van der Waals surface area contributed by atoms with Crippen molar-refractivity contribution in [1.29, 1.82) is 0 Å². The number of carbonyl (C=O) groups is 3. The Labute approximate surface area is 102 Å². The molecule has 0 aromatic carbocycles. The maximum atomic E-state index is 11.8. The molecule has 0 N–H and O–H groups in total. The highest BCUT2D eigenvalue weighted by Crippen LogP contribution is 2.42. The molecule has 0 aliphatic heterocycles. The number of rotatable bonds is 1. The molecule has 0 heterocycles. The maximum Gasteiger partial charge on any atom is 0.169 e. The maximum absolute atomic E-state index is 11.8. The third-order valence-electron chi connectivity index (χ3n) is 2.78. The second-order valence-electron chi connectivity index (χ2n) is 4.39. The van der Waals surface area contributed by atoms with Crippen LogP contribution in [0.5, 0.6) is 0 Å². The molecule has 1 fully saturated rings. The van der Waals surface area contributed by atoms with Crippen LogP contribution in [-0.4, -0.2) is 27.6 Å². The van der Waals surface area contributed by atoms with Crippen LogP contribution >= 0.6 is 27.5 Å². The number of halogens is 2. The average molecular weight is 296 g/mol. The zero-order valence-electron chi connectivity index (χ0n) is 8.71. The van der Waals surface area contributed by atoms with Crippen LogP contribution in [0.4, 0.5) is 0 Å². The van der Waals surface area contributed by atoms with E-state index in [1.54, 1.807) is 13.8 Å². The minimum absolute atomic E-state index is 0.380. The van der Waals surface area contributed by atoms with Crippen molar-refractivity contribution in [2.75, 3.05) is 0 Å². The van der Waals surface area contributed by atoms with Gasteiger partial charge in [-0.05, 0) is 6.92 Å². The highest BCUT2D eigenvalue weighted by Gasteiger charge is 2.54. The molecule has 0 bridgehead atoms. The predicted octanol–water partition coefficient (Wildman–Crippen LogP) is 1.74. The molecule has 0 amide bonds. The molecular formula is C10H12BrClO3. The normalized spacial score (nSPS) is 35.4. The van der Waals surface area contributed by atoms with Crippen LogP contribution in [0.3, 0.4) is 0 Å². The van der Waals surface area contributed by atoms with Gasteiger partial charge in [0.05, 0.1) is 10.2 Å². The lowest BCUT2D eigenvalue weighted by Crippen LogP contribution is -2.55. The molecule has 0 aromatic rings. The zero-order chi connectivity index (χ0) is 12.0. The van der Waals surface area contributed by atoms with Crippen molar-refractivity contribution < 1.29 is 14.4 Å². The highest BCUT2D eigenvalue weighted by molar-refractivity contribution is 9.10. The highest BCUT2D eigenvalue weighted by atomic mass is 79.9. The second kappa shape index (κ2) is 3.98. The molecule has 3 nitrogen and oxygen atoms in total. The van der Waals surface area contributed by atoms with Crippen molar-refractivity contribution in [1.82, 2.24) is 0 Å². The Morgan fingerprint density at radius 1 is 1.33 bits per heavy atom. The van der Waals surface area contributed by atoms with Crippen LogP contribution in [0.25, 0.3) is 0 Å². The molecular weight excluding hydrogens is 283 g/mol. The molecule has 15 heavy (non-hydrogen) atoms. The zero-order valence-corrected chi connectivity index (χ0v) is 11.1. The third-order valence-corrected chi connectivity index (χ3v) is 5.19. The van der Waals surface area contributed by atoms with Crippen molar-refractivity contribution in [3.05, 3.63) is 0 Å². The molecule has 0 saturated heterocycles. The van der Waals surface area contributed by atoms with Gasteiger partial charge in [-0.2, -0.15) is 0 Å². The van der Waals surface area contributed by atoms with E-state index in [1.807, 2.05) is 0 Å². The SMILES string of the molecule is CC(=O)[C@H]1C(=O)[C@@H](Cl)C(C)(C)[C@H](Br)C1=O. The first-order valence-electron chi connectivity index (χ1n) is 4.57. The molecule has 5 heteroatoms. The molecule has 84 valence electrons. The summed E-state index contributed by atoms with van der Waals surface area (Å²) < 4.78 is 0. The smallest absolute Gasteiger partial charge is 0.169 e. The third kappa shape index (κ3) is 1.89. The van der Waals surface area contributed by atoms with Crippen LogP contribution < -0.4 is 0 Å². The molecule has 1 saturated carbocycles. The van der Waals surface area contributed by atoms with E-state index in [2.05, 4.69) is 15.9 Å².